The molecule has 0 saturated heterocycles. The predicted molar refractivity (Wildman–Crippen MR) is 46.9 cm³/mol. The second kappa shape index (κ2) is 4.20. The molecule has 0 fully saturated rings. The maximum Gasteiger partial charge on any atom is 0.0488 e. The largest absolute Gasteiger partial charge is 0.772 e. The fourth-order valence-corrected chi connectivity index (χ4v) is 1.34. The highest BCUT2D eigenvalue weighted by Crippen LogP contribution is 2.10. The molecule has 66 valence electrons. The minimum Gasteiger partial charge on any atom is -0.772 e. The molecule has 1 rings (SSSR count). The Morgan fingerprint density at radius 3 is 2.92 bits per heavy atom. The lowest BCUT2D eigenvalue weighted by atomic mass is 10.2. The molecule has 0 bridgehead atoms. The molecule has 0 spiro atoms. The highest BCUT2D eigenvalue weighted by Gasteiger charge is 1.93. The molecular formula is C7H9N2O2S-. The van der Waals surface area contributed by atoms with E-state index in [0.717, 1.165) is 5.56 Å². The van der Waals surface area contributed by atoms with Gasteiger partial charge in [0.25, 0.3) is 0 Å². The van der Waals surface area contributed by atoms with Gasteiger partial charge in [0.2, 0.25) is 0 Å². The number of nitrogen functional groups attached to an aromatic ring is 1. The first-order valence-corrected chi connectivity index (χ1v) is 4.58. The first kappa shape index (κ1) is 9.18. The van der Waals surface area contributed by atoms with Crippen molar-refractivity contribution < 1.29 is 8.76 Å². The van der Waals surface area contributed by atoms with Gasteiger partial charge in [-0.25, -0.2) is 0 Å². The Labute approximate surface area is 73.0 Å². The monoisotopic (exact) mass is 185 g/mol. The summed E-state index contributed by atoms with van der Waals surface area (Å²) in [7, 11) is 0. The van der Waals surface area contributed by atoms with Crippen LogP contribution in [-0.2, 0) is 16.8 Å². The molecule has 1 aromatic carbocycles. The molecule has 0 amide bonds. The van der Waals surface area contributed by atoms with Crippen molar-refractivity contribution in [2.24, 2.45) is 5.84 Å². The summed E-state index contributed by atoms with van der Waals surface area (Å²) in [6, 6.07) is 6.93. The van der Waals surface area contributed by atoms with Gasteiger partial charge in [0.15, 0.2) is 0 Å². The SMILES string of the molecule is NNc1cccc(CS(=O)[O-])c1. The maximum atomic E-state index is 10.3. The van der Waals surface area contributed by atoms with E-state index in [4.69, 9.17) is 5.84 Å². The van der Waals surface area contributed by atoms with Gasteiger partial charge in [-0.1, -0.05) is 23.2 Å². The van der Waals surface area contributed by atoms with E-state index in [2.05, 4.69) is 5.43 Å². The Balaban J connectivity index is 2.79. The first-order valence-electron chi connectivity index (χ1n) is 3.34. The topological polar surface area (TPSA) is 78.2 Å². The van der Waals surface area contributed by atoms with Crippen LogP contribution in [0.15, 0.2) is 24.3 Å². The summed E-state index contributed by atoms with van der Waals surface area (Å²) in [5, 5.41) is 0. The van der Waals surface area contributed by atoms with Gasteiger partial charge in [0, 0.05) is 11.4 Å². The van der Waals surface area contributed by atoms with Crippen LogP contribution in [0.2, 0.25) is 0 Å². The number of rotatable bonds is 3. The third-order valence-electron chi connectivity index (χ3n) is 1.38. The first-order chi connectivity index (χ1) is 5.72. The van der Waals surface area contributed by atoms with Gasteiger partial charge < -0.3 is 9.98 Å². The van der Waals surface area contributed by atoms with Crippen molar-refractivity contribution in [3.8, 4) is 0 Å². The number of anilines is 1. The lowest BCUT2D eigenvalue weighted by molar-refractivity contribution is 0.536. The zero-order chi connectivity index (χ0) is 8.97. The average Bonchev–Trinajstić information content (AvgIpc) is 2.03. The van der Waals surface area contributed by atoms with Crippen LogP contribution in [0.5, 0.6) is 0 Å². The molecule has 3 N–H and O–H groups in total. The van der Waals surface area contributed by atoms with Gasteiger partial charge >= 0.3 is 0 Å². The third-order valence-corrected chi connectivity index (χ3v) is 1.95. The minimum absolute atomic E-state index is 0.0233. The molecular weight excluding hydrogens is 176 g/mol. The van der Waals surface area contributed by atoms with E-state index < -0.39 is 11.1 Å². The second-order valence-corrected chi connectivity index (χ2v) is 3.19. The number of nitrogens with two attached hydrogens (primary N) is 1. The third kappa shape index (κ3) is 2.61. The molecule has 0 radical (unpaired) electrons. The maximum absolute atomic E-state index is 10.3. The predicted octanol–water partition coefficient (Wildman–Crippen LogP) is 0.351. The van der Waals surface area contributed by atoms with Gasteiger partial charge in [-0.05, 0) is 17.7 Å². The van der Waals surface area contributed by atoms with Crippen LogP contribution >= 0.6 is 0 Å². The Bertz CT molecular complexity index is 290. The van der Waals surface area contributed by atoms with E-state index >= 15 is 0 Å². The molecule has 4 nitrogen and oxygen atoms in total. The van der Waals surface area contributed by atoms with Gasteiger partial charge in [-0.3, -0.25) is 10.1 Å². The van der Waals surface area contributed by atoms with Crippen molar-refractivity contribution in [1.29, 1.82) is 0 Å². The Morgan fingerprint density at radius 1 is 1.58 bits per heavy atom. The summed E-state index contributed by atoms with van der Waals surface area (Å²) in [6.07, 6.45) is 0. The van der Waals surface area contributed by atoms with Crippen LogP contribution in [0.4, 0.5) is 5.69 Å². The van der Waals surface area contributed by atoms with E-state index in [0.29, 0.717) is 5.69 Å². The minimum atomic E-state index is -2.05. The second-order valence-electron chi connectivity index (χ2n) is 2.29. The van der Waals surface area contributed by atoms with Crippen LogP contribution in [-0.4, -0.2) is 8.76 Å². The average molecular weight is 185 g/mol. The molecule has 1 atom stereocenters. The van der Waals surface area contributed by atoms with Crippen molar-refractivity contribution in [1.82, 2.24) is 0 Å². The van der Waals surface area contributed by atoms with E-state index in [1.165, 1.54) is 0 Å². The summed E-state index contributed by atoms with van der Waals surface area (Å²) in [4.78, 5) is 0. The lowest BCUT2D eigenvalue weighted by Gasteiger charge is -2.06. The van der Waals surface area contributed by atoms with Crippen molar-refractivity contribution in [3.63, 3.8) is 0 Å². The van der Waals surface area contributed by atoms with Gasteiger partial charge in [0.1, 0.15) is 0 Å². The van der Waals surface area contributed by atoms with Crippen LogP contribution in [0.1, 0.15) is 5.56 Å². The molecule has 0 saturated carbocycles. The van der Waals surface area contributed by atoms with E-state index in [1.807, 2.05) is 0 Å². The van der Waals surface area contributed by atoms with Crippen LogP contribution < -0.4 is 11.3 Å². The number of hydrazine groups is 1. The van der Waals surface area contributed by atoms with Crippen molar-refractivity contribution in [3.05, 3.63) is 29.8 Å². The lowest BCUT2D eigenvalue weighted by Crippen LogP contribution is -2.06. The molecule has 0 heterocycles. The fourth-order valence-electron chi connectivity index (χ4n) is 0.887. The molecule has 0 aliphatic heterocycles. The van der Waals surface area contributed by atoms with Crippen LogP contribution in [0, 0.1) is 0 Å². The molecule has 12 heavy (non-hydrogen) atoms. The Hall–Kier alpha value is -0.910. The molecule has 5 heteroatoms. The number of nitrogens with one attached hydrogen (secondary N) is 1. The quantitative estimate of drug-likeness (QED) is 0.404. The summed E-state index contributed by atoms with van der Waals surface area (Å²) in [6.45, 7) is 0. The molecule has 0 aromatic heterocycles. The van der Waals surface area contributed by atoms with Gasteiger partial charge in [-0.15, -0.1) is 0 Å². The molecule has 0 aliphatic rings. The summed E-state index contributed by atoms with van der Waals surface area (Å²) in [5.74, 6) is 5.17. The normalized spacial score (nSPS) is 12.5. The summed E-state index contributed by atoms with van der Waals surface area (Å²) >= 11 is -2.05. The number of benzene rings is 1. The molecule has 0 aliphatic carbocycles. The Kier molecular flexibility index (Phi) is 3.21. The number of hydrogen-bond donors (Lipinski definition) is 2. The zero-order valence-corrected chi connectivity index (χ0v) is 7.14. The number of hydrogen-bond acceptors (Lipinski definition) is 4. The van der Waals surface area contributed by atoms with Crippen molar-refractivity contribution in [2.45, 2.75) is 5.75 Å². The van der Waals surface area contributed by atoms with E-state index in [9.17, 15) is 8.76 Å². The Morgan fingerprint density at radius 2 is 2.33 bits per heavy atom. The standard InChI is InChI=1S/C7H10N2O2S/c8-9-7-3-1-2-6(4-7)5-12(10)11/h1-4,9H,5,8H2,(H,10,11)/p-1. The summed E-state index contributed by atoms with van der Waals surface area (Å²) < 4.78 is 20.6. The van der Waals surface area contributed by atoms with E-state index in [-0.39, 0.29) is 5.75 Å². The van der Waals surface area contributed by atoms with Crippen LogP contribution in [0.25, 0.3) is 0 Å². The van der Waals surface area contributed by atoms with Gasteiger partial charge in [0.05, 0.1) is 0 Å². The van der Waals surface area contributed by atoms with Gasteiger partial charge in [-0.2, -0.15) is 0 Å². The zero-order valence-electron chi connectivity index (χ0n) is 6.32. The van der Waals surface area contributed by atoms with Crippen LogP contribution in [0.3, 0.4) is 0 Å². The van der Waals surface area contributed by atoms with Crippen molar-refractivity contribution in [2.75, 3.05) is 5.43 Å². The smallest absolute Gasteiger partial charge is 0.0488 e. The molecule has 1 aromatic rings. The molecule has 1 unspecified atom stereocenters. The van der Waals surface area contributed by atoms with Crippen molar-refractivity contribution >= 4 is 16.8 Å². The highest BCUT2D eigenvalue weighted by molar-refractivity contribution is 7.78. The van der Waals surface area contributed by atoms with E-state index in [1.54, 1.807) is 24.3 Å². The summed E-state index contributed by atoms with van der Waals surface area (Å²) in [5.41, 5.74) is 3.87. The fraction of sp³-hybridized carbons (Fsp3) is 0.143. The highest BCUT2D eigenvalue weighted by atomic mass is 32.2.